The fourth-order valence-corrected chi connectivity index (χ4v) is 3.10. The van der Waals surface area contributed by atoms with Crippen molar-refractivity contribution in [3.05, 3.63) is 11.4 Å². The number of piperidine rings is 1. The molecule has 0 radical (unpaired) electrons. The molecule has 0 aromatic carbocycles. The van der Waals surface area contributed by atoms with Crippen molar-refractivity contribution in [3.63, 3.8) is 0 Å². The van der Waals surface area contributed by atoms with Gasteiger partial charge in [-0.25, -0.2) is 4.98 Å². The van der Waals surface area contributed by atoms with Gasteiger partial charge in [0.05, 0.1) is 11.4 Å². The lowest BCUT2D eigenvalue weighted by Gasteiger charge is -2.33. The normalized spacial score (nSPS) is 22.6. The number of anilines is 1. The molecule has 1 aliphatic carbocycles. The standard InChI is InChI=1S/C16H27N5/c1-3-14-15(4-2)19-20-16(18-14)21-9-5-6-12(11-21)10-17-13-7-8-13/h12-13,17H,3-11H2,1-2H3. The van der Waals surface area contributed by atoms with Crippen molar-refractivity contribution in [1.82, 2.24) is 20.5 Å². The first-order valence-electron chi connectivity index (χ1n) is 8.51. The van der Waals surface area contributed by atoms with Crippen LogP contribution < -0.4 is 10.2 Å². The van der Waals surface area contributed by atoms with Crippen LogP contribution in [0.4, 0.5) is 5.95 Å². The number of hydrogen-bond donors (Lipinski definition) is 1. The first-order valence-corrected chi connectivity index (χ1v) is 8.51. The van der Waals surface area contributed by atoms with Crippen molar-refractivity contribution < 1.29 is 0 Å². The van der Waals surface area contributed by atoms with Crippen LogP contribution in [-0.4, -0.2) is 40.9 Å². The third-order valence-corrected chi connectivity index (χ3v) is 4.57. The van der Waals surface area contributed by atoms with Crippen LogP contribution in [0, 0.1) is 5.92 Å². The molecule has 5 nitrogen and oxygen atoms in total. The smallest absolute Gasteiger partial charge is 0.245 e. The topological polar surface area (TPSA) is 53.9 Å². The van der Waals surface area contributed by atoms with Gasteiger partial charge < -0.3 is 10.2 Å². The van der Waals surface area contributed by atoms with Crippen LogP contribution >= 0.6 is 0 Å². The van der Waals surface area contributed by atoms with Crippen molar-refractivity contribution in [1.29, 1.82) is 0 Å². The summed E-state index contributed by atoms with van der Waals surface area (Å²) in [5.74, 6) is 1.55. The zero-order valence-corrected chi connectivity index (χ0v) is 13.3. The number of nitrogens with zero attached hydrogens (tertiary/aromatic N) is 4. The molecule has 0 spiro atoms. The number of nitrogens with one attached hydrogen (secondary N) is 1. The molecule has 2 aliphatic rings. The molecule has 1 saturated carbocycles. The van der Waals surface area contributed by atoms with Crippen LogP contribution in [0.5, 0.6) is 0 Å². The van der Waals surface area contributed by atoms with E-state index in [1.54, 1.807) is 0 Å². The molecule has 5 heteroatoms. The van der Waals surface area contributed by atoms with E-state index in [0.29, 0.717) is 0 Å². The Balaban J connectivity index is 1.64. The van der Waals surface area contributed by atoms with Crippen LogP contribution in [0.15, 0.2) is 0 Å². The number of aryl methyl sites for hydroxylation is 2. The maximum Gasteiger partial charge on any atom is 0.245 e. The second-order valence-electron chi connectivity index (χ2n) is 6.35. The van der Waals surface area contributed by atoms with Gasteiger partial charge >= 0.3 is 0 Å². The lowest BCUT2D eigenvalue weighted by atomic mass is 9.98. The molecule has 1 unspecified atom stereocenters. The van der Waals surface area contributed by atoms with Crippen LogP contribution in [0.2, 0.25) is 0 Å². The van der Waals surface area contributed by atoms with Crippen LogP contribution in [-0.2, 0) is 12.8 Å². The molecule has 3 rings (SSSR count). The van der Waals surface area contributed by atoms with E-state index in [1.807, 2.05) is 0 Å². The summed E-state index contributed by atoms with van der Waals surface area (Å²) in [5.41, 5.74) is 2.16. The minimum absolute atomic E-state index is 0.721. The molecule has 1 atom stereocenters. The van der Waals surface area contributed by atoms with Gasteiger partial charge in [0.2, 0.25) is 5.95 Å². The van der Waals surface area contributed by atoms with Crippen molar-refractivity contribution in [3.8, 4) is 0 Å². The fraction of sp³-hybridized carbons (Fsp3) is 0.812. The molecule has 0 amide bonds. The molecule has 0 bridgehead atoms. The Morgan fingerprint density at radius 2 is 1.90 bits per heavy atom. The fourth-order valence-electron chi connectivity index (χ4n) is 3.10. The molecule has 1 N–H and O–H groups in total. The summed E-state index contributed by atoms with van der Waals surface area (Å²) >= 11 is 0. The highest BCUT2D eigenvalue weighted by atomic mass is 15.3. The van der Waals surface area contributed by atoms with Crippen LogP contribution in [0.1, 0.15) is 50.9 Å². The molecule has 1 aromatic rings. The summed E-state index contributed by atoms with van der Waals surface area (Å²) in [6.07, 6.45) is 7.13. The minimum Gasteiger partial charge on any atom is -0.339 e. The highest BCUT2D eigenvalue weighted by molar-refractivity contribution is 5.31. The second kappa shape index (κ2) is 6.69. The molecule has 2 fully saturated rings. The minimum atomic E-state index is 0.721. The van der Waals surface area contributed by atoms with Crippen LogP contribution in [0.25, 0.3) is 0 Å². The molecular weight excluding hydrogens is 262 g/mol. The number of hydrogen-bond acceptors (Lipinski definition) is 5. The summed E-state index contributed by atoms with van der Waals surface area (Å²) in [5, 5.41) is 12.4. The highest BCUT2D eigenvalue weighted by Crippen LogP contribution is 2.23. The predicted molar refractivity (Wildman–Crippen MR) is 84.5 cm³/mol. The molecule has 1 aliphatic heterocycles. The van der Waals surface area contributed by atoms with Gasteiger partial charge in [0, 0.05) is 19.1 Å². The van der Waals surface area contributed by atoms with Gasteiger partial charge in [-0.05, 0) is 51.0 Å². The van der Waals surface area contributed by atoms with E-state index in [1.165, 1.54) is 25.7 Å². The van der Waals surface area contributed by atoms with Gasteiger partial charge in [-0.2, -0.15) is 5.10 Å². The summed E-state index contributed by atoms with van der Waals surface area (Å²) in [6.45, 7) is 7.53. The SMILES string of the molecule is CCc1nnc(N2CCCC(CNC3CC3)C2)nc1CC. The molecule has 21 heavy (non-hydrogen) atoms. The Bertz CT molecular complexity index is 472. The summed E-state index contributed by atoms with van der Waals surface area (Å²) < 4.78 is 0. The maximum atomic E-state index is 4.76. The molecule has 1 saturated heterocycles. The summed E-state index contributed by atoms with van der Waals surface area (Å²) in [7, 11) is 0. The van der Waals surface area contributed by atoms with Crippen molar-refractivity contribution in [2.45, 2.75) is 58.4 Å². The Morgan fingerprint density at radius 1 is 1.10 bits per heavy atom. The van der Waals surface area contributed by atoms with E-state index in [4.69, 9.17) is 4.98 Å². The van der Waals surface area contributed by atoms with Gasteiger partial charge in [0.25, 0.3) is 0 Å². The second-order valence-corrected chi connectivity index (χ2v) is 6.35. The molecule has 116 valence electrons. The van der Waals surface area contributed by atoms with Gasteiger partial charge in [-0.15, -0.1) is 5.10 Å². The third-order valence-electron chi connectivity index (χ3n) is 4.57. The quantitative estimate of drug-likeness (QED) is 0.867. The van der Waals surface area contributed by atoms with Gasteiger partial charge in [0.15, 0.2) is 0 Å². The van der Waals surface area contributed by atoms with Crippen molar-refractivity contribution in [2.24, 2.45) is 5.92 Å². The average molecular weight is 289 g/mol. The van der Waals surface area contributed by atoms with E-state index in [2.05, 4.69) is 34.3 Å². The molecule has 2 heterocycles. The van der Waals surface area contributed by atoms with E-state index in [0.717, 1.165) is 61.8 Å². The van der Waals surface area contributed by atoms with Gasteiger partial charge in [0.1, 0.15) is 0 Å². The average Bonchev–Trinajstić information content (AvgIpc) is 3.37. The largest absolute Gasteiger partial charge is 0.339 e. The van der Waals surface area contributed by atoms with Gasteiger partial charge in [-0.1, -0.05) is 13.8 Å². The lowest BCUT2D eigenvalue weighted by molar-refractivity contribution is 0.387. The van der Waals surface area contributed by atoms with Gasteiger partial charge in [-0.3, -0.25) is 0 Å². The number of aromatic nitrogens is 3. The molecule has 1 aromatic heterocycles. The zero-order chi connectivity index (χ0) is 14.7. The Kier molecular flexibility index (Phi) is 4.68. The van der Waals surface area contributed by atoms with E-state index >= 15 is 0 Å². The van der Waals surface area contributed by atoms with Crippen molar-refractivity contribution >= 4 is 5.95 Å². The summed E-state index contributed by atoms with van der Waals surface area (Å²) in [4.78, 5) is 7.09. The third kappa shape index (κ3) is 3.70. The number of rotatable bonds is 6. The summed E-state index contributed by atoms with van der Waals surface area (Å²) in [6, 6.07) is 0.800. The Morgan fingerprint density at radius 3 is 2.62 bits per heavy atom. The Labute approximate surface area is 127 Å². The maximum absolute atomic E-state index is 4.76. The molecular formula is C16H27N5. The zero-order valence-electron chi connectivity index (χ0n) is 13.3. The van der Waals surface area contributed by atoms with E-state index in [-0.39, 0.29) is 0 Å². The predicted octanol–water partition coefficient (Wildman–Crippen LogP) is 1.96. The first-order chi connectivity index (χ1) is 10.3. The van der Waals surface area contributed by atoms with E-state index < -0.39 is 0 Å². The highest BCUT2D eigenvalue weighted by Gasteiger charge is 2.26. The first kappa shape index (κ1) is 14.7. The Hall–Kier alpha value is -1.23. The monoisotopic (exact) mass is 289 g/mol. The van der Waals surface area contributed by atoms with Crippen LogP contribution in [0.3, 0.4) is 0 Å². The lowest BCUT2D eigenvalue weighted by Crippen LogP contribution is -2.41. The van der Waals surface area contributed by atoms with E-state index in [9.17, 15) is 0 Å². The van der Waals surface area contributed by atoms with Crippen molar-refractivity contribution in [2.75, 3.05) is 24.5 Å².